The molecule has 1 saturated heterocycles. The lowest BCUT2D eigenvalue weighted by Crippen LogP contribution is -2.40. The highest BCUT2D eigenvalue weighted by molar-refractivity contribution is 7.09. The van der Waals surface area contributed by atoms with Crippen molar-refractivity contribution in [2.45, 2.75) is 39.3 Å². The minimum absolute atomic E-state index is 0.179. The van der Waals surface area contributed by atoms with Crippen LogP contribution in [-0.2, 0) is 11.3 Å². The summed E-state index contributed by atoms with van der Waals surface area (Å²) in [6.07, 6.45) is 0. The second-order valence-corrected chi connectivity index (χ2v) is 8.35. The van der Waals surface area contributed by atoms with Crippen LogP contribution in [0.5, 0.6) is 0 Å². The summed E-state index contributed by atoms with van der Waals surface area (Å²) in [5, 5.41) is 2.15. The van der Waals surface area contributed by atoms with Crippen molar-refractivity contribution in [2.75, 3.05) is 19.6 Å². The van der Waals surface area contributed by atoms with Crippen LogP contribution in [0.4, 0.5) is 0 Å². The van der Waals surface area contributed by atoms with Gasteiger partial charge in [0.1, 0.15) is 0 Å². The lowest BCUT2D eigenvalue weighted by molar-refractivity contribution is -0.131. The SMILES string of the molecule is CC(=O)N(CC1CN(Cc2cccs2)CC1c1ccccc1)C(C)C. The van der Waals surface area contributed by atoms with Crippen molar-refractivity contribution in [2.24, 2.45) is 5.92 Å². The molecule has 1 fully saturated rings. The molecular formula is C21H28N2OS. The molecule has 1 aliphatic heterocycles. The number of benzene rings is 1. The first-order valence-corrected chi connectivity index (χ1v) is 9.99. The van der Waals surface area contributed by atoms with Gasteiger partial charge in [0.05, 0.1) is 0 Å². The van der Waals surface area contributed by atoms with Crippen molar-refractivity contribution in [3.63, 3.8) is 0 Å². The molecule has 1 aromatic heterocycles. The summed E-state index contributed by atoms with van der Waals surface area (Å²) in [5.41, 5.74) is 1.40. The number of amides is 1. The minimum Gasteiger partial charge on any atom is -0.340 e. The van der Waals surface area contributed by atoms with E-state index in [9.17, 15) is 4.79 Å². The molecule has 1 aliphatic rings. The molecule has 25 heavy (non-hydrogen) atoms. The van der Waals surface area contributed by atoms with E-state index in [1.165, 1.54) is 10.4 Å². The fourth-order valence-electron chi connectivity index (χ4n) is 3.93. The van der Waals surface area contributed by atoms with Crippen molar-refractivity contribution >= 4 is 17.2 Å². The van der Waals surface area contributed by atoms with E-state index in [-0.39, 0.29) is 11.9 Å². The van der Waals surface area contributed by atoms with Crippen molar-refractivity contribution in [1.29, 1.82) is 0 Å². The second-order valence-electron chi connectivity index (χ2n) is 7.32. The van der Waals surface area contributed by atoms with Gasteiger partial charge in [-0.25, -0.2) is 0 Å². The first kappa shape index (κ1) is 18.2. The Morgan fingerprint density at radius 2 is 1.96 bits per heavy atom. The highest BCUT2D eigenvalue weighted by Gasteiger charge is 2.35. The molecule has 0 saturated carbocycles. The average Bonchev–Trinajstić information content (AvgIpc) is 3.23. The third-order valence-electron chi connectivity index (χ3n) is 5.16. The van der Waals surface area contributed by atoms with Gasteiger partial charge in [-0.05, 0) is 36.8 Å². The maximum Gasteiger partial charge on any atom is 0.219 e. The van der Waals surface area contributed by atoms with E-state index in [4.69, 9.17) is 0 Å². The minimum atomic E-state index is 0.179. The third kappa shape index (κ3) is 4.50. The Hall–Kier alpha value is -1.65. The average molecular weight is 357 g/mol. The van der Waals surface area contributed by atoms with Crippen LogP contribution in [0.3, 0.4) is 0 Å². The Kier molecular flexibility index (Phi) is 5.92. The molecule has 0 spiro atoms. The molecule has 3 rings (SSSR count). The number of hydrogen-bond donors (Lipinski definition) is 0. The van der Waals surface area contributed by atoms with Gasteiger partial charge in [-0.1, -0.05) is 36.4 Å². The van der Waals surface area contributed by atoms with E-state index in [0.29, 0.717) is 11.8 Å². The monoisotopic (exact) mass is 356 g/mol. The maximum atomic E-state index is 12.1. The van der Waals surface area contributed by atoms with Gasteiger partial charge < -0.3 is 4.90 Å². The Morgan fingerprint density at radius 3 is 2.56 bits per heavy atom. The fourth-order valence-corrected chi connectivity index (χ4v) is 4.68. The van der Waals surface area contributed by atoms with Gasteiger partial charge in [0.15, 0.2) is 0 Å². The summed E-state index contributed by atoms with van der Waals surface area (Å²) in [6, 6.07) is 15.4. The van der Waals surface area contributed by atoms with Crippen LogP contribution in [0.15, 0.2) is 47.8 Å². The van der Waals surface area contributed by atoms with Crippen LogP contribution in [-0.4, -0.2) is 41.4 Å². The molecule has 2 heterocycles. The first-order valence-electron chi connectivity index (χ1n) is 9.11. The molecule has 4 heteroatoms. The summed E-state index contributed by atoms with van der Waals surface area (Å²) in [5.74, 6) is 1.15. The topological polar surface area (TPSA) is 23.6 Å². The zero-order valence-corrected chi connectivity index (χ0v) is 16.2. The van der Waals surface area contributed by atoms with Gasteiger partial charge in [0.2, 0.25) is 5.91 Å². The highest BCUT2D eigenvalue weighted by Crippen LogP contribution is 2.34. The number of likely N-dealkylation sites (tertiary alicyclic amines) is 1. The Balaban J connectivity index is 1.78. The van der Waals surface area contributed by atoms with Crippen LogP contribution in [0.1, 0.15) is 37.1 Å². The van der Waals surface area contributed by atoms with Crippen LogP contribution in [0.2, 0.25) is 0 Å². The smallest absolute Gasteiger partial charge is 0.219 e. The summed E-state index contributed by atoms with van der Waals surface area (Å²) < 4.78 is 0. The molecule has 1 amide bonds. The van der Waals surface area contributed by atoms with E-state index < -0.39 is 0 Å². The number of carbonyl (C=O) groups excluding carboxylic acids is 1. The van der Waals surface area contributed by atoms with Crippen LogP contribution in [0, 0.1) is 5.92 Å². The predicted molar refractivity (Wildman–Crippen MR) is 105 cm³/mol. The van der Waals surface area contributed by atoms with E-state index in [2.05, 4.69) is 66.6 Å². The summed E-state index contributed by atoms with van der Waals surface area (Å²) in [4.78, 5) is 18.1. The molecule has 2 unspecified atom stereocenters. The molecule has 0 bridgehead atoms. The highest BCUT2D eigenvalue weighted by atomic mass is 32.1. The Morgan fingerprint density at radius 1 is 1.20 bits per heavy atom. The number of carbonyl (C=O) groups is 1. The Bertz CT molecular complexity index is 668. The molecule has 3 nitrogen and oxygen atoms in total. The predicted octanol–water partition coefficient (Wildman–Crippen LogP) is 4.22. The summed E-state index contributed by atoms with van der Waals surface area (Å²) in [7, 11) is 0. The first-order chi connectivity index (χ1) is 12.0. The van der Waals surface area contributed by atoms with E-state index in [0.717, 1.165) is 26.2 Å². The molecule has 0 radical (unpaired) electrons. The maximum absolute atomic E-state index is 12.1. The van der Waals surface area contributed by atoms with Crippen molar-refractivity contribution in [3.8, 4) is 0 Å². The largest absolute Gasteiger partial charge is 0.340 e. The van der Waals surface area contributed by atoms with E-state index in [1.807, 2.05) is 16.2 Å². The van der Waals surface area contributed by atoms with Crippen LogP contribution < -0.4 is 0 Å². The lowest BCUT2D eigenvalue weighted by Gasteiger charge is -2.30. The lowest BCUT2D eigenvalue weighted by atomic mass is 9.88. The second kappa shape index (κ2) is 8.15. The van der Waals surface area contributed by atoms with E-state index >= 15 is 0 Å². The van der Waals surface area contributed by atoms with Gasteiger partial charge in [-0.2, -0.15) is 0 Å². The van der Waals surface area contributed by atoms with Crippen molar-refractivity contribution < 1.29 is 4.79 Å². The number of thiophene rings is 1. The Labute approximate surface area is 155 Å². The van der Waals surface area contributed by atoms with Crippen molar-refractivity contribution in [1.82, 2.24) is 9.80 Å². The van der Waals surface area contributed by atoms with Gasteiger partial charge >= 0.3 is 0 Å². The molecule has 0 aliphatic carbocycles. The van der Waals surface area contributed by atoms with Crippen molar-refractivity contribution in [3.05, 3.63) is 58.3 Å². The van der Waals surface area contributed by atoms with Crippen LogP contribution >= 0.6 is 11.3 Å². The molecule has 2 aromatic rings. The normalized spacial score (nSPS) is 21.0. The molecule has 134 valence electrons. The fraction of sp³-hybridized carbons (Fsp3) is 0.476. The summed E-state index contributed by atoms with van der Waals surface area (Å²) >= 11 is 1.83. The van der Waals surface area contributed by atoms with Gasteiger partial charge in [-0.15, -0.1) is 11.3 Å². The zero-order valence-electron chi connectivity index (χ0n) is 15.4. The van der Waals surface area contributed by atoms with Crippen LogP contribution in [0.25, 0.3) is 0 Å². The number of hydrogen-bond acceptors (Lipinski definition) is 3. The molecule has 2 atom stereocenters. The van der Waals surface area contributed by atoms with Gasteiger partial charge in [0, 0.05) is 49.9 Å². The third-order valence-corrected chi connectivity index (χ3v) is 6.02. The number of rotatable bonds is 6. The number of nitrogens with zero attached hydrogens (tertiary/aromatic N) is 2. The van der Waals surface area contributed by atoms with Gasteiger partial charge in [0.25, 0.3) is 0 Å². The summed E-state index contributed by atoms with van der Waals surface area (Å²) in [6.45, 7) is 9.88. The van der Waals surface area contributed by atoms with E-state index in [1.54, 1.807) is 6.92 Å². The molecule has 1 aromatic carbocycles. The molecule has 0 N–H and O–H groups in total. The zero-order chi connectivity index (χ0) is 17.8. The quantitative estimate of drug-likeness (QED) is 0.774. The van der Waals surface area contributed by atoms with Gasteiger partial charge in [-0.3, -0.25) is 9.69 Å². The molecular weight excluding hydrogens is 328 g/mol. The standard InChI is InChI=1S/C21H28N2OS/c1-16(2)23(17(3)24)13-19-12-22(14-20-10-7-11-25-20)15-21(19)18-8-5-4-6-9-18/h4-11,16,19,21H,12-15H2,1-3H3.